The maximum Gasteiger partial charge on any atom is 0.253 e. The molecule has 2 fully saturated rings. The second kappa shape index (κ2) is 6.67. The van der Waals surface area contributed by atoms with Crippen LogP contribution in [-0.2, 0) is 16.0 Å². The van der Waals surface area contributed by atoms with E-state index in [0.29, 0.717) is 12.5 Å². The number of amides is 2. The van der Waals surface area contributed by atoms with E-state index >= 15 is 0 Å². The van der Waals surface area contributed by atoms with Gasteiger partial charge < -0.3 is 20.1 Å². The first-order chi connectivity index (χ1) is 12.1. The number of carbonyl (C=O) groups is 2. The highest BCUT2D eigenvalue weighted by Crippen LogP contribution is 2.32. The van der Waals surface area contributed by atoms with E-state index < -0.39 is 6.10 Å². The first-order valence-electron chi connectivity index (χ1n) is 9.11. The maximum atomic E-state index is 12.8. The van der Waals surface area contributed by atoms with Gasteiger partial charge in [-0.25, -0.2) is 0 Å². The van der Waals surface area contributed by atoms with Gasteiger partial charge in [0.25, 0.3) is 5.91 Å². The van der Waals surface area contributed by atoms with Crippen LogP contribution < -0.4 is 10.5 Å². The van der Waals surface area contributed by atoms with E-state index in [1.807, 2.05) is 23.1 Å². The van der Waals surface area contributed by atoms with Crippen molar-refractivity contribution >= 4 is 11.8 Å². The van der Waals surface area contributed by atoms with Crippen LogP contribution in [0.4, 0.5) is 0 Å². The van der Waals surface area contributed by atoms with Gasteiger partial charge in [-0.1, -0.05) is 0 Å². The number of likely N-dealkylation sites (tertiary alicyclic amines) is 1. The minimum Gasteiger partial charge on any atom is -0.493 e. The molecule has 134 valence electrons. The molecule has 0 aromatic heterocycles. The topological polar surface area (TPSA) is 81.9 Å². The van der Waals surface area contributed by atoms with Gasteiger partial charge in [0.1, 0.15) is 11.9 Å². The Bertz CT molecular complexity index is 682. The van der Waals surface area contributed by atoms with Crippen LogP contribution in [0.3, 0.4) is 0 Å². The zero-order valence-corrected chi connectivity index (χ0v) is 14.3. The summed E-state index contributed by atoms with van der Waals surface area (Å²) in [6, 6.07) is 5.73. The van der Waals surface area contributed by atoms with Crippen molar-refractivity contribution < 1.29 is 19.1 Å². The van der Waals surface area contributed by atoms with E-state index in [1.54, 1.807) is 0 Å². The molecular weight excluding hydrogens is 320 g/mol. The predicted octanol–water partition coefficient (Wildman–Crippen LogP) is 1.51. The lowest BCUT2D eigenvalue weighted by Crippen LogP contribution is -2.41. The Kier molecular flexibility index (Phi) is 4.37. The van der Waals surface area contributed by atoms with Crippen LogP contribution in [0.1, 0.15) is 41.6 Å². The van der Waals surface area contributed by atoms with E-state index in [2.05, 4.69) is 0 Å². The molecule has 2 amide bonds. The van der Waals surface area contributed by atoms with E-state index in [-0.39, 0.29) is 17.9 Å². The third-order valence-corrected chi connectivity index (χ3v) is 5.66. The Morgan fingerprint density at radius 3 is 2.64 bits per heavy atom. The predicted molar refractivity (Wildman–Crippen MR) is 91.4 cm³/mol. The second-order valence-corrected chi connectivity index (χ2v) is 7.19. The molecule has 3 aliphatic heterocycles. The number of hydrogen-bond acceptors (Lipinski definition) is 4. The number of rotatable bonds is 3. The quantitative estimate of drug-likeness (QED) is 0.901. The van der Waals surface area contributed by atoms with Gasteiger partial charge in [0.05, 0.1) is 12.7 Å². The summed E-state index contributed by atoms with van der Waals surface area (Å²) >= 11 is 0. The molecule has 0 radical (unpaired) electrons. The lowest BCUT2D eigenvalue weighted by Gasteiger charge is -2.34. The molecule has 3 heterocycles. The molecule has 0 bridgehead atoms. The molecule has 0 spiro atoms. The average Bonchev–Trinajstić information content (AvgIpc) is 3.30. The summed E-state index contributed by atoms with van der Waals surface area (Å²) in [4.78, 5) is 25.9. The number of primary amides is 1. The van der Waals surface area contributed by atoms with Gasteiger partial charge in [-0.3, -0.25) is 9.59 Å². The molecule has 25 heavy (non-hydrogen) atoms. The lowest BCUT2D eigenvalue weighted by atomic mass is 9.89. The fourth-order valence-electron chi connectivity index (χ4n) is 4.20. The van der Waals surface area contributed by atoms with Crippen molar-refractivity contribution in [1.82, 2.24) is 4.90 Å². The van der Waals surface area contributed by atoms with Crippen LogP contribution in [0.15, 0.2) is 18.2 Å². The maximum absolute atomic E-state index is 12.8. The summed E-state index contributed by atoms with van der Waals surface area (Å²) in [6.45, 7) is 2.17. The highest BCUT2D eigenvalue weighted by Gasteiger charge is 2.36. The first-order valence-corrected chi connectivity index (χ1v) is 9.11. The highest BCUT2D eigenvalue weighted by atomic mass is 16.5. The van der Waals surface area contributed by atoms with Crippen molar-refractivity contribution in [1.29, 1.82) is 0 Å². The standard InChI is InChI=1S/C19H24N2O4/c20-18(22)17-4-3-16(25-17)12-5-8-21(9-6-12)19(23)14-1-2-15-13(11-14)7-10-24-15/h1-2,11-12,16-17H,3-10H2,(H2,20,22)/t16-,17+/m0/s1. The normalized spacial score (nSPS) is 26.3. The molecule has 2 saturated heterocycles. The molecule has 3 aliphatic rings. The van der Waals surface area contributed by atoms with Crippen molar-refractivity contribution in [3.05, 3.63) is 29.3 Å². The molecule has 1 aromatic rings. The van der Waals surface area contributed by atoms with Crippen molar-refractivity contribution in [3.8, 4) is 5.75 Å². The number of ether oxygens (including phenoxy) is 2. The Morgan fingerprint density at radius 1 is 1.12 bits per heavy atom. The van der Waals surface area contributed by atoms with Gasteiger partial charge >= 0.3 is 0 Å². The average molecular weight is 344 g/mol. The third-order valence-electron chi connectivity index (χ3n) is 5.66. The van der Waals surface area contributed by atoms with Crippen LogP contribution in [0.2, 0.25) is 0 Å². The Labute approximate surface area is 147 Å². The molecular formula is C19H24N2O4. The van der Waals surface area contributed by atoms with Gasteiger partial charge in [0.15, 0.2) is 0 Å². The first kappa shape index (κ1) is 16.4. The second-order valence-electron chi connectivity index (χ2n) is 7.19. The van der Waals surface area contributed by atoms with E-state index in [1.165, 1.54) is 0 Å². The monoisotopic (exact) mass is 344 g/mol. The van der Waals surface area contributed by atoms with Gasteiger partial charge in [0, 0.05) is 25.1 Å². The third kappa shape index (κ3) is 3.23. The summed E-state index contributed by atoms with van der Waals surface area (Å²) < 4.78 is 11.3. The van der Waals surface area contributed by atoms with Crippen LogP contribution in [0, 0.1) is 5.92 Å². The Hall–Kier alpha value is -2.08. The Balaban J connectivity index is 1.34. The Morgan fingerprint density at radius 2 is 1.92 bits per heavy atom. The van der Waals surface area contributed by atoms with Gasteiger partial charge in [-0.15, -0.1) is 0 Å². The van der Waals surface area contributed by atoms with Crippen LogP contribution >= 0.6 is 0 Å². The summed E-state index contributed by atoms with van der Waals surface area (Å²) in [5.74, 6) is 1.03. The van der Waals surface area contributed by atoms with Crippen molar-refractivity contribution in [2.45, 2.75) is 44.3 Å². The van der Waals surface area contributed by atoms with Gasteiger partial charge in [-0.2, -0.15) is 0 Å². The summed E-state index contributed by atoms with van der Waals surface area (Å²) in [6.07, 6.45) is 3.97. The summed E-state index contributed by atoms with van der Waals surface area (Å²) in [5.41, 5.74) is 7.20. The SMILES string of the molecule is NC(=O)[C@H]1CC[C@@H](C2CCN(C(=O)c3ccc4c(c3)CCO4)CC2)O1. The molecule has 2 atom stereocenters. The molecule has 0 saturated carbocycles. The van der Waals surface area contributed by atoms with E-state index in [4.69, 9.17) is 15.2 Å². The molecule has 0 aliphatic carbocycles. The van der Waals surface area contributed by atoms with Crippen molar-refractivity contribution in [2.24, 2.45) is 11.7 Å². The minimum atomic E-state index is -0.432. The number of carbonyl (C=O) groups excluding carboxylic acids is 2. The molecule has 6 heteroatoms. The molecule has 4 rings (SSSR count). The minimum absolute atomic E-state index is 0.0931. The summed E-state index contributed by atoms with van der Waals surface area (Å²) in [7, 11) is 0. The highest BCUT2D eigenvalue weighted by molar-refractivity contribution is 5.94. The van der Waals surface area contributed by atoms with E-state index in [0.717, 1.165) is 62.1 Å². The number of benzene rings is 1. The van der Waals surface area contributed by atoms with Gasteiger partial charge in [0.2, 0.25) is 5.91 Å². The largest absolute Gasteiger partial charge is 0.493 e. The van der Waals surface area contributed by atoms with Crippen LogP contribution in [0.5, 0.6) is 5.75 Å². The number of nitrogens with zero attached hydrogens (tertiary/aromatic N) is 1. The lowest BCUT2D eigenvalue weighted by molar-refractivity contribution is -0.130. The van der Waals surface area contributed by atoms with Crippen molar-refractivity contribution in [3.63, 3.8) is 0 Å². The molecule has 2 N–H and O–H groups in total. The fourth-order valence-corrected chi connectivity index (χ4v) is 4.20. The molecule has 1 aromatic carbocycles. The zero-order valence-electron chi connectivity index (χ0n) is 14.3. The smallest absolute Gasteiger partial charge is 0.253 e. The number of nitrogens with two attached hydrogens (primary N) is 1. The number of hydrogen-bond donors (Lipinski definition) is 1. The van der Waals surface area contributed by atoms with Gasteiger partial charge in [-0.05, 0) is 55.4 Å². The van der Waals surface area contributed by atoms with Crippen LogP contribution in [0.25, 0.3) is 0 Å². The molecule has 0 unspecified atom stereocenters. The number of piperidine rings is 1. The van der Waals surface area contributed by atoms with Crippen molar-refractivity contribution in [2.75, 3.05) is 19.7 Å². The molecule has 6 nitrogen and oxygen atoms in total. The summed E-state index contributed by atoms with van der Waals surface area (Å²) in [5, 5.41) is 0. The zero-order chi connectivity index (χ0) is 17.4. The fraction of sp³-hybridized carbons (Fsp3) is 0.579. The number of fused-ring (bicyclic) bond motifs is 1. The van der Waals surface area contributed by atoms with E-state index in [9.17, 15) is 9.59 Å². The van der Waals surface area contributed by atoms with Crippen LogP contribution in [-0.4, -0.2) is 48.6 Å².